The third-order valence-corrected chi connectivity index (χ3v) is 4.94. The van der Waals surface area contributed by atoms with Crippen LogP contribution in [0.15, 0.2) is 54.7 Å². The summed E-state index contributed by atoms with van der Waals surface area (Å²) in [5.74, 6) is -0.918. The molecule has 30 heavy (non-hydrogen) atoms. The Bertz CT molecular complexity index is 1310. The molecule has 0 saturated carbocycles. The fourth-order valence-electron chi connectivity index (χ4n) is 3.54. The van der Waals surface area contributed by atoms with Crippen molar-refractivity contribution < 1.29 is 9.59 Å². The van der Waals surface area contributed by atoms with E-state index < -0.39 is 5.91 Å². The first-order chi connectivity index (χ1) is 14.3. The number of carbonyl (C=O) groups is 2. The third kappa shape index (κ3) is 3.53. The molecule has 7 heteroatoms. The summed E-state index contributed by atoms with van der Waals surface area (Å²) in [7, 11) is 1.65. The van der Waals surface area contributed by atoms with Gasteiger partial charge in [0.1, 0.15) is 5.56 Å². The molecular formula is C23H21N5O2. The van der Waals surface area contributed by atoms with Crippen molar-refractivity contribution in [1.82, 2.24) is 14.8 Å². The number of aromatic nitrogens is 3. The lowest BCUT2D eigenvalue weighted by molar-refractivity contribution is 0.100. The molecule has 0 aliphatic carbocycles. The molecule has 2 aromatic heterocycles. The average molecular weight is 399 g/mol. The molecule has 0 aliphatic heterocycles. The number of nitrogens with two attached hydrogens (primary N) is 1. The Kier molecular flexibility index (Phi) is 4.79. The molecule has 150 valence electrons. The second kappa shape index (κ2) is 7.44. The maximum atomic E-state index is 13.2. The highest BCUT2D eigenvalue weighted by molar-refractivity contribution is 6.14. The molecule has 0 fully saturated rings. The van der Waals surface area contributed by atoms with Gasteiger partial charge in [-0.25, -0.2) is 4.98 Å². The average Bonchev–Trinajstić information content (AvgIpc) is 3.07. The first-order valence-electron chi connectivity index (χ1n) is 9.45. The Labute approximate surface area is 173 Å². The van der Waals surface area contributed by atoms with Gasteiger partial charge in [-0.2, -0.15) is 5.10 Å². The van der Waals surface area contributed by atoms with Gasteiger partial charge in [0, 0.05) is 24.2 Å². The molecule has 0 aliphatic rings. The van der Waals surface area contributed by atoms with Crippen molar-refractivity contribution in [2.75, 3.05) is 5.32 Å². The molecule has 0 spiro atoms. The number of nitrogens with zero attached hydrogens (tertiary/aromatic N) is 3. The number of anilines is 1. The van der Waals surface area contributed by atoms with Gasteiger partial charge in [0.15, 0.2) is 5.82 Å². The molecule has 0 radical (unpaired) electrons. The number of hydrogen-bond acceptors (Lipinski definition) is 4. The van der Waals surface area contributed by atoms with Crippen molar-refractivity contribution in [1.29, 1.82) is 0 Å². The second-order valence-electron chi connectivity index (χ2n) is 7.27. The zero-order valence-electron chi connectivity index (χ0n) is 16.9. The van der Waals surface area contributed by atoms with Crippen molar-refractivity contribution in [3.05, 3.63) is 77.0 Å². The van der Waals surface area contributed by atoms with E-state index >= 15 is 0 Å². The summed E-state index contributed by atoms with van der Waals surface area (Å²) in [6.45, 7) is 4.05. The van der Waals surface area contributed by atoms with Gasteiger partial charge in [-0.1, -0.05) is 42.0 Å². The standard InChI is InChI=1S/C23H21N5O2/c1-13-8-9-15(14(2)10-13)20-11-17(16-6-4-5-7-19(16)25-20)23(30)26-22-18(21(24)29)12-28(3)27-22/h4-12H,1-3H3,(H2,24,29)(H,26,27,30). The number of aryl methyl sites for hydroxylation is 3. The number of carbonyl (C=O) groups excluding carboxylic acids is 2. The maximum absolute atomic E-state index is 13.2. The summed E-state index contributed by atoms with van der Waals surface area (Å²) in [4.78, 5) is 29.6. The second-order valence-corrected chi connectivity index (χ2v) is 7.27. The first kappa shape index (κ1) is 19.3. The van der Waals surface area contributed by atoms with Crippen molar-refractivity contribution >= 4 is 28.5 Å². The number of primary amides is 1. The van der Waals surface area contributed by atoms with Crippen LogP contribution < -0.4 is 11.1 Å². The number of nitrogens with one attached hydrogen (secondary N) is 1. The first-order valence-corrected chi connectivity index (χ1v) is 9.45. The molecular weight excluding hydrogens is 378 g/mol. The van der Waals surface area contributed by atoms with Gasteiger partial charge in [-0.15, -0.1) is 0 Å². The minimum absolute atomic E-state index is 0.129. The van der Waals surface area contributed by atoms with Crippen LogP contribution in [0, 0.1) is 13.8 Å². The lowest BCUT2D eigenvalue weighted by atomic mass is 9.99. The van der Waals surface area contributed by atoms with E-state index in [0.717, 1.165) is 16.7 Å². The fourth-order valence-corrected chi connectivity index (χ4v) is 3.54. The van der Waals surface area contributed by atoms with E-state index in [2.05, 4.69) is 16.5 Å². The van der Waals surface area contributed by atoms with Crippen LogP contribution in [-0.4, -0.2) is 26.6 Å². The predicted molar refractivity (Wildman–Crippen MR) is 116 cm³/mol. The van der Waals surface area contributed by atoms with Crippen molar-refractivity contribution in [2.24, 2.45) is 12.8 Å². The van der Waals surface area contributed by atoms with Crippen LogP contribution in [0.5, 0.6) is 0 Å². The lowest BCUT2D eigenvalue weighted by Crippen LogP contribution is -2.18. The van der Waals surface area contributed by atoms with E-state index in [1.54, 1.807) is 13.1 Å². The van der Waals surface area contributed by atoms with E-state index in [0.29, 0.717) is 22.2 Å². The zero-order valence-corrected chi connectivity index (χ0v) is 16.9. The van der Waals surface area contributed by atoms with Crippen molar-refractivity contribution in [3.63, 3.8) is 0 Å². The highest BCUT2D eigenvalue weighted by Gasteiger charge is 2.19. The van der Waals surface area contributed by atoms with Crippen LogP contribution in [0.4, 0.5) is 5.82 Å². The van der Waals surface area contributed by atoms with Crippen LogP contribution in [0.1, 0.15) is 31.8 Å². The Morgan fingerprint density at radius 2 is 1.80 bits per heavy atom. The van der Waals surface area contributed by atoms with Crippen LogP contribution in [0.25, 0.3) is 22.2 Å². The summed E-state index contributed by atoms with van der Waals surface area (Å²) >= 11 is 0. The number of benzene rings is 2. The van der Waals surface area contributed by atoms with Gasteiger partial charge in [-0.3, -0.25) is 14.3 Å². The predicted octanol–water partition coefficient (Wildman–Crippen LogP) is 3.60. The molecule has 2 aromatic carbocycles. The summed E-state index contributed by atoms with van der Waals surface area (Å²) in [6, 6.07) is 15.3. The van der Waals surface area contributed by atoms with E-state index in [1.165, 1.54) is 10.9 Å². The normalized spacial score (nSPS) is 10.9. The van der Waals surface area contributed by atoms with Gasteiger partial charge < -0.3 is 11.1 Å². The minimum Gasteiger partial charge on any atom is -0.365 e. The zero-order chi connectivity index (χ0) is 21.4. The molecule has 0 bridgehead atoms. The molecule has 2 heterocycles. The molecule has 4 rings (SSSR count). The largest absolute Gasteiger partial charge is 0.365 e. The maximum Gasteiger partial charge on any atom is 0.257 e. The van der Waals surface area contributed by atoms with Gasteiger partial charge in [0.2, 0.25) is 0 Å². The number of hydrogen-bond donors (Lipinski definition) is 2. The van der Waals surface area contributed by atoms with Gasteiger partial charge in [0.25, 0.3) is 11.8 Å². The molecule has 7 nitrogen and oxygen atoms in total. The summed E-state index contributed by atoms with van der Waals surface area (Å²) < 4.78 is 1.43. The molecule has 0 atom stereocenters. The van der Waals surface area contributed by atoms with Crippen LogP contribution in [-0.2, 0) is 7.05 Å². The smallest absolute Gasteiger partial charge is 0.257 e. The monoisotopic (exact) mass is 399 g/mol. The molecule has 2 amide bonds. The summed E-state index contributed by atoms with van der Waals surface area (Å²) in [6.07, 6.45) is 1.48. The van der Waals surface area contributed by atoms with E-state index in [9.17, 15) is 9.59 Å². The van der Waals surface area contributed by atoms with Gasteiger partial charge in [0.05, 0.1) is 16.8 Å². The molecule has 0 saturated heterocycles. The highest BCUT2D eigenvalue weighted by atomic mass is 16.2. The van der Waals surface area contributed by atoms with E-state index in [-0.39, 0.29) is 17.3 Å². The Morgan fingerprint density at radius 1 is 1.03 bits per heavy atom. The van der Waals surface area contributed by atoms with Gasteiger partial charge in [-0.05, 0) is 31.5 Å². The minimum atomic E-state index is -0.658. The molecule has 3 N–H and O–H groups in total. The SMILES string of the molecule is Cc1ccc(-c2cc(C(=O)Nc3nn(C)cc3C(N)=O)c3ccccc3n2)c(C)c1. The topological polar surface area (TPSA) is 103 Å². The number of amides is 2. The third-order valence-electron chi connectivity index (χ3n) is 4.94. The Hall–Kier alpha value is -4.00. The van der Waals surface area contributed by atoms with Gasteiger partial charge >= 0.3 is 0 Å². The number of para-hydroxylation sites is 1. The van der Waals surface area contributed by atoms with Crippen LogP contribution >= 0.6 is 0 Å². The summed E-state index contributed by atoms with van der Waals surface area (Å²) in [5.41, 5.74) is 10.6. The highest BCUT2D eigenvalue weighted by Crippen LogP contribution is 2.28. The molecule has 4 aromatic rings. The quantitative estimate of drug-likeness (QED) is 0.547. The van der Waals surface area contributed by atoms with Crippen molar-refractivity contribution in [3.8, 4) is 11.3 Å². The van der Waals surface area contributed by atoms with Crippen LogP contribution in [0.3, 0.4) is 0 Å². The molecule has 0 unspecified atom stereocenters. The van der Waals surface area contributed by atoms with E-state index in [1.807, 2.05) is 50.2 Å². The Morgan fingerprint density at radius 3 is 2.53 bits per heavy atom. The number of pyridine rings is 1. The number of fused-ring (bicyclic) bond motifs is 1. The Balaban J connectivity index is 1.83. The fraction of sp³-hybridized carbons (Fsp3) is 0.130. The van der Waals surface area contributed by atoms with Crippen LogP contribution in [0.2, 0.25) is 0 Å². The summed E-state index contributed by atoms with van der Waals surface area (Å²) in [5, 5.41) is 7.58. The van der Waals surface area contributed by atoms with E-state index in [4.69, 9.17) is 10.7 Å². The lowest BCUT2D eigenvalue weighted by Gasteiger charge is -2.12. The van der Waals surface area contributed by atoms with Crippen molar-refractivity contribution in [2.45, 2.75) is 13.8 Å². The number of rotatable bonds is 4.